The lowest BCUT2D eigenvalue weighted by Crippen LogP contribution is -2.23. The van der Waals surface area contributed by atoms with Crippen molar-refractivity contribution >= 4 is 11.3 Å². The highest BCUT2D eigenvalue weighted by Gasteiger charge is 2.08. The standard InChI is InChI=1S/C11H19NO2S/c1-9-3-8-15-11(9)10(2)12-4-6-14-7-5-13/h3,8,10,12-13H,4-7H2,1-2H3. The fourth-order valence-electron chi connectivity index (χ4n) is 1.43. The lowest BCUT2D eigenvalue weighted by atomic mass is 10.2. The number of rotatable bonds is 7. The molecule has 1 unspecified atom stereocenters. The molecule has 15 heavy (non-hydrogen) atoms. The van der Waals surface area contributed by atoms with Crippen LogP contribution in [0.2, 0.25) is 0 Å². The maximum Gasteiger partial charge on any atom is 0.0698 e. The van der Waals surface area contributed by atoms with Crippen LogP contribution in [-0.2, 0) is 4.74 Å². The maximum absolute atomic E-state index is 8.52. The van der Waals surface area contributed by atoms with Crippen molar-refractivity contribution in [1.29, 1.82) is 0 Å². The Hall–Kier alpha value is -0.420. The first kappa shape index (κ1) is 12.6. The first-order valence-electron chi connectivity index (χ1n) is 5.21. The summed E-state index contributed by atoms with van der Waals surface area (Å²) >= 11 is 1.78. The smallest absolute Gasteiger partial charge is 0.0698 e. The molecule has 0 spiro atoms. The maximum atomic E-state index is 8.52. The van der Waals surface area contributed by atoms with Crippen LogP contribution in [0, 0.1) is 6.92 Å². The summed E-state index contributed by atoms with van der Waals surface area (Å²) in [6.45, 7) is 6.28. The van der Waals surface area contributed by atoms with Gasteiger partial charge < -0.3 is 15.2 Å². The summed E-state index contributed by atoms with van der Waals surface area (Å²) in [5.74, 6) is 0. The van der Waals surface area contributed by atoms with Gasteiger partial charge in [-0.05, 0) is 30.9 Å². The molecule has 0 bridgehead atoms. The van der Waals surface area contributed by atoms with Gasteiger partial charge in [0.05, 0.1) is 19.8 Å². The Morgan fingerprint density at radius 2 is 2.33 bits per heavy atom. The van der Waals surface area contributed by atoms with Crippen LogP contribution in [0.4, 0.5) is 0 Å². The van der Waals surface area contributed by atoms with Gasteiger partial charge >= 0.3 is 0 Å². The second-order valence-electron chi connectivity index (χ2n) is 3.48. The molecule has 0 aromatic carbocycles. The van der Waals surface area contributed by atoms with Crippen LogP contribution >= 0.6 is 11.3 Å². The van der Waals surface area contributed by atoms with Crippen LogP contribution in [-0.4, -0.2) is 31.5 Å². The first-order chi connectivity index (χ1) is 7.25. The third-order valence-corrected chi connectivity index (χ3v) is 3.43. The average molecular weight is 229 g/mol. The third-order valence-electron chi connectivity index (χ3n) is 2.23. The van der Waals surface area contributed by atoms with Crippen molar-refractivity contribution in [2.24, 2.45) is 0 Å². The van der Waals surface area contributed by atoms with E-state index in [9.17, 15) is 0 Å². The first-order valence-corrected chi connectivity index (χ1v) is 6.09. The number of aliphatic hydroxyl groups is 1. The molecule has 1 atom stereocenters. The molecule has 0 amide bonds. The highest BCUT2D eigenvalue weighted by molar-refractivity contribution is 7.10. The molecule has 3 nitrogen and oxygen atoms in total. The number of hydrogen-bond donors (Lipinski definition) is 2. The van der Waals surface area contributed by atoms with E-state index in [-0.39, 0.29) is 6.61 Å². The van der Waals surface area contributed by atoms with Gasteiger partial charge in [0, 0.05) is 17.5 Å². The van der Waals surface area contributed by atoms with Gasteiger partial charge in [0.2, 0.25) is 0 Å². The van der Waals surface area contributed by atoms with E-state index in [4.69, 9.17) is 9.84 Å². The molecule has 86 valence electrons. The number of ether oxygens (including phenoxy) is 1. The van der Waals surface area contributed by atoms with Crippen molar-refractivity contribution in [1.82, 2.24) is 5.32 Å². The van der Waals surface area contributed by atoms with E-state index in [0.29, 0.717) is 19.3 Å². The fraction of sp³-hybridized carbons (Fsp3) is 0.636. The van der Waals surface area contributed by atoms with Crippen LogP contribution in [0.3, 0.4) is 0 Å². The van der Waals surface area contributed by atoms with Crippen LogP contribution in [0.25, 0.3) is 0 Å². The number of nitrogens with one attached hydrogen (secondary N) is 1. The van der Waals surface area contributed by atoms with Gasteiger partial charge in [0.1, 0.15) is 0 Å². The predicted octanol–water partition coefficient (Wildman–Crippen LogP) is 1.72. The number of thiophene rings is 1. The van der Waals surface area contributed by atoms with Crippen LogP contribution in [0.5, 0.6) is 0 Å². The summed E-state index contributed by atoms with van der Waals surface area (Å²) in [5, 5.41) is 14.0. The lowest BCUT2D eigenvalue weighted by Gasteiger charge is -2.13. The van der Waals surface area contributed by atoms with E-state index < -0.39 is 0 Å². The molecule has 1 rings (SSSR count). The van der Waals surface area contributed by atoms with E-state index in [1.54, 1.807) is 11.3 Å². The monoisotopic (exact) mass is 229 g/mol. The molecule has 0 saturated heterocycles. The van der Waals surface area contributed by atoms with Crippen molar-refractivity contribution in [3.8, 4) is 0 Å². The van der Waals surface area contributed by atoms with E-state index in [0.717, 1.165) is 6.54 Å². The number of hydrogen-bond acceptors (Lipinski definition) is 4. The molecule has 0 radical (unpaired) electrons. The molecule has 0 fully saturated rings. The molecule has 0 aliphatic carbocycles. The zero-order valence-electron chi connectivity index (χ0n) is 9.32. The van der Waals surface area contributed by atoms with Crippen LogP contribution < -0.4 is 5.32 Å². The zero-order chi connectivity index (χ0) is 11.1. The van der Waals surface area contributed by atoms with Gasteiger partial charge in [-0.25, -0.2) is 0 Å². The fourth-order valence-corrected chi connectivity index (χ4v) is 2.40. The number of aryl methyl sites for hydroxylation is 1. The van der Waals surface area contributed by atoms with E-state index >= 15 is 0 Å². The minimum atomic E-state index is 0.0968. The Morgan fingerprint density at radius 3 is 2.93 bits per heavy atom. The van der Waals surface area contributed by atoms with Crippen molar-refractivity contribution in [3.63, 3.8) is 0 Å². The topological polar surface area (TPSA) is 41.5 Å². The van der Waals surface area contributed by atoms with Gasteiger partial charge in [-0.1, -0.05) is 0 Å². The van der Waals surface area contributed by atoms with Gasteiger partial charge in [0.25, 0.3) is 0 Å². The van der Waals surface area contributed by atoms with Gasteiger partial charge in [-0.15, -0.1) is 11.3 Å². The summed E-state index contributed by atoms with van der Waals surface area (Å²) in [6, 6.07) is 2.52. The largest absolute Gasteiger partial charge is 0.394 e. The molecule has 1 aromatic rings. The van der Waals surface area contributed by atoms with Gasteiger partial charge in [-0.2, -0.15) is 0 Å². The average Bonchev–Trinajstić information content (AvgIpc) is 2.64. The van der Waals surface area contributed by atoms with Gasteiger partial charge in [-0.3, -0.25) is 0 Å². The Labute approximate surface area is 95.1 Å². The summed E-state index contributed by atoms with van der Waals surface area (Å²) in [6.07, 6.45) is 0. The second-order valence-corrected chi connectivity index (χ2v) is 4.43. The van der Waals surface area contributed by atoms with Crippen molar-refractivity contribution < 1.29 is 9.84 Å². The van der Waals surface area contributed by atoms with E-state index in [2.05, 4.69) is 30.6 Å². The normalized spacial score (nSPS) is 13.0. The SMILES string of the molecule is Cc1ccsc1C(C)NCCOCCO. The molecule has 4 heteroatoms. The summed E-state index contributed by atoms with van der Waals surface area (Å²) in [7, 11) is 0. The minimum Gasteiger partial charge on any atom is -0.394 e. The molecule has 0 saturated carbocycles. The van der Waals surface area contributed by atoms with E-state index in [1.165, 1.54) is 10.4 Å². The predicted molar refractivity (Wildman–Crippen MR) is 63.4 cm³/mol. The summed E-state index contributed by atoms with van der Waals surface area (Å²) in [4.78, 5) is 1.39. The Bertz CT molecular complexity index is 275. The van der Waals surface area contributed by atoms with Crippen LogP contribution in [0.15, 0.2) is 11.4 Å². The number of aliphatic hydroxyl groups excluding tert-OH is 1. The minimum absolute atomic E-state index is 0.0968. The van der Waals surface area contributed by atoms with Crippen molar-refractivity contribution in [2.75, 3.05) is 26.4 Å². The summed E-state index contributed by atoms with van der Waals surface area (Å²) < 4.78 is 5.17. The molecular weight excluding hydrogens is 210 g/mol. The molecule has 1 heterocycles. The van der Waals surface area contributed by atoms with E-state index in [1.807, 2.05) is 0 Å². The third kappa shape index (κ3) is 4.30. The zero-order valence-corrected chi connectivity index (χ0v) is 10.1. The summed E-state index contributed by atoms with van der Waals surface area (Å²) in [5.41, 5.74) is 1.34. The Morgan fingerprint density at radius 1 is 1.53 bits per heavy atom. The molecule has 0 aliphatic heterocycles. The molecule has 0 aliphatic rings. The molecule has 1 aromatic heterocycles. The van der Waals surface area contributed by atoms with Crippen molar-refractivity contribution in [2.45, 2.75) is 19.9 Å². The van der Waals surface area contributed by atoms with Crippen LogP contribution in [0.1, 0.15) is 23.4 Å². The molecular formula is C11H19NO2S. The van der Waals surface area contributed by atoms with Crippen molar-refractivity contribution in [3.05, 3.63) is 21.9 Å². The molecule has 2 N–H and O–H groups in total. The highest BCUT2D eigenvalue weighted by atomic mass is 32.1. The quantitative estimate of drug-likeness (QED) is 0.699. The lowest BCUT2D eigenvalue weighted by molar-refractivity contribution is 0.0929. The highest BCUT2D eigenvalue weighted by Crippen LogP contribution is 2.22. The Kier molecular flexibility index (Phi) is 5.86. The second kappa shape index (κ2) is 6.95. The Balaban J connectivity index is 2.19. The van der Waals surface area contributed by atoms with Gasteiger partial charge in [0.15, 0.2) is 0 Å².